The summed E-state index contributed by atoms with van der Waals surface area (Å²) in [5.41, 5.74) is 0.0608. The zero-order chi connectivity index (χ0) is 14.4. The molecule has 0 aliphatic carbocycles. The molecule has 0 aliphatic rings. The predicted molar refractivity (Wildman–Crippen MR) is 79.9 cm³/mol. The Balaban J connectivity index is 2.39. The lowest BCUT2D eigenvalue weighted by molar-refractivity contribution is 0.0758. The van der Waals surface area contributed by atoms with Crippen LogP contribution in [0.25, 0.3) is 0 Å². The summed E-state index contributed by atoms with van der Waals surface area (Å²) >= 11 is 3.02. The molecule has 0 aromatic carbocycles. The fourth-order valence-electron chi connectivity index (χ4n) is 1.76. The van der Waals surface area contributed by atoms with Gasteiger partial charge in [-0.3, -0.25) is 4.99 Å². The molecule has 0 bridgehead atoms. The van der Waals surface area contributed by atoms with E-state index in [1.54, 1.807) is 6.21 Å². The second-order valence-corrected chi connectivity index (χ2v) is 5.54. The van der Waals surface area contributed by atoms with E-state index >= 15 is 0 Å². The van der Waals surface area contributed by atoms with Gasteiger partial charge in [0.25, 0.3) is 5.54 Å². The van der Waals surface area contributed by atoms with Gasteiger partial charge < -0.3 is 4.74 Å². The maximum Gasteiger partial charge on any atom is 0.262 e. The van der Waals surface area contributed by atoms with Crippen molar-refractivity contribution in [3.63, 3.8) is 0 Å². The van der Waals surface area contributed by atoms with Gasteiger partial charge in [0.15, 0.2) is 0 Å². The highest BCUT2D eigenvalue weighted by Crippen LogP contribution is 2.33. The van der Waals surface area contributed by atoms with Gasteiger partial charge in [0.1, 0.15) is 18.2 Å². The molecule has 0 radical (unpaired) electrons. The predicted octanol–water partition coefficient (Wildman–Crippen LogP) is 3.40. The van der Waals surface area contributed by atoms with Crippen molar-refractivity contribution in [2.45, 2.75) is 11.6 Å². The highest BCUT2D eigenvalue weighted by atomic mass is 32.1. The van der Waals surface area contributed by atoms with Crippen LogP contribution >= 0.6 is 22.7 Å². The summed E-state index contributed by atoms with van der Waals surface area (Å²) in [4.78, 5) is 4.20. The number of hydrogen-bond acceptors (Lipinski definition) is 6. The van der Waals surface area contributed by atoms with Gasteiger partial charge in [-0.2, -0.15) is 33.2 Å². The molecular weight excluding hydrogens is 290 g/mol. The molecule has 2 aromatic heterocycles. The molecule has 1 atom stereocenters. The van der Waals surface area contributed by atoms with E-state index in [9.17, 15) is 10.5 Å². The number of ether oxygens (including phenoxy) is 1. The van der Waals surface area contributed by atoms with Crippen LogP contribution in [0.15, 0.2) is 38.6 Å². The molecule has 2 heterocycles. The molecular formula is C14H11N3OS2. The Morgan fingerprint density at radius 3 is 2.45 bits per heavy atom. The SMILES string of the molecule is COC(c1ccsc1)C(C#N)(C#N)N=Cc1ccsc1. The molecule has 0 spiro atoms. The van der Waals surface area contributed by atoms with E-state index in [4.69, 9.17) is 4.74 Å². The molecule has 0 amide bonds. The number of nitriles is 2. The second kappa shape index (κ2) is 6.44. The average molecular weight is 301 g/mol. The van der Waals surface area contributed by atoms with Gasteiger partial charge in [-0.1, -0.05) is 0 Å². The number of nitrogens with zero attached hydrogens (tertiary/aromatic N) is 3. The van der Waals surface area contributed by atoms with Gasteiger partial charge in [-0.05, 0) is 39.2 Å². The fourth-order valence-corrected chi connectivity index (χ4v) is 3.05. The quantitative estimate of drug-likeness (QED) is 0.795. The summed E-state index contributed by atoms with van der Waals surface area (Å²) in [5, 5.41) is 26.4. The maximum absolute atomic E-state index is 9.45. The summed E-state index contributed by atoms with van der Waals surface area (Å²) in [6.45, 7) is 0. The number of hydrogen-bond donors (Lipinski definition) is 0. The molecule has 0 saturated carbocycles. The van der Waals surface area contributed by atoms with E-state index in [0.717, 1.165) is 11.1 Å². The highest BCUT2D eigenvalue weighted by Gasteiger charge is 2.41. The molecule has 2 aromatic rings. The Kier molecular flexibility index (Phi) is 4.65. The van der Waals surface area contributed by atoms with Gasteiger partial charge in [0.2, 0.25) is 0 Å². The smallest absolute Gasteiger partial charge is 0.262 e. The largest absolute Gasteiger partial charge is 0.372 e. The third-order valence-electron chi connectivity index (χ3n) is 2.76. The molecule has 4 nitrogen and oxygen atoms in total. The van der Waals surface area contributed by atoms with E-state index in [1.165, 1.54) is 29.8 Å². The number of thiophene rings is 2. The van der Waals surface area contributed by atoms with Crippen LogP contribution in [-0.2, 0) is 4.74 Å². The van der Waals surface area contributed by atoms with Crippen LogP contribution in [0.2, 0.25) is 0 Å². The molecule has 0 aliphatic heterocycles. The number of methoxy groups -OCH3 is 1. The lowest BCUT2D eigenvalue weighted by Gasteiger charge is -2.23. The molecule has 1 unspecified atom stereocenters. The first kappa shape index (κ1) is 14.4. The monoisotopic (exact) mass is 301 g/mol. The van der Waals surface area contributed by atoms with Gasteiger partial charge in [0, 0.05) is 18.9 Å². The normalized spacial score (nSPS) is 12.9. The Morgan fingerprint density at radius 2 is 1.95 bits per heavy atom. The molecule has 0 saturated heterocycles. The first-order valence-electron chi connectivity index (χ1n) is 5.70. The average Bonchev–Trinajstić information content (AvgIpc) is 3.16. The van der Waals surface area contributed by atoms with Crippen molar-refractivity contribution < 1.29 is 4.74 Å². The Morgan fingerprint density at radius 1 is 1.25 bits per heavy atom. The van der Waals surface area contributed by atoms with Gasteiger partial charge >= 0.3 is 0 Å². The fraction of sp³-hybridized carbons (Fsp3) is 0.214. The summed E-state index contributed by atoms with van der Waals surface area (Å²) in [7, 11) is 1.48. The standard InChI is InChI=1S/C14H11N3OS2/c1-18-13(12-3-5-20-8-12)14(9-15,10-16)17-6-11-2-4-19-7-11/h2-8,13H,1H3. The van der Waals surface area contributed by atoms with Crippen molar-refractivity contribution in [2.24, 2.45) is 4.99 Å². The summed E-state index contributed by atoms with van der Waals surface area (Å²) in [6, 6.07) is 7.69. The Labute approximate surface area is 125 Å². The summed E-state index contributed by atoms with van der Waals surface area (Å²) in [6.07, 6.45) is 0.833. The minimum Gasteiger partial charge on any atom is -0.372 e. The Bertz CT molecular complexity index is 634. The maximum atomic E-state index is 9.45. The molecule has 6 heteroatoms. The minimum atomic E-state index is -1.59. The van der Waals surface area contributed by atoms with Crippen LogP contribution in [0.3, 0.4) is 0 Å². The van der Waals surface area contributed by atoms with Crippen molar-refractivity contribution in [1.29, 1.82) is 10.5 Å². The molecule has 0 N–H and O–H groups in total. The van der Waals surface area contributed by atoms with Gasteiger partial charge in [-0.15, -0.1) is 0 Å². The molecule has 0 fully saturated rings. The summed E-state index contributed by atoms with van der Waals surface area (Å²) in [5.74, 6) is 0. The van der Waals surface area contributed by atoms with E-state index in [1.807, 2.05) is 45.8 Å². The van der Waals surface area contributed by atoms with Crippen LogP contribution in [0.4, 0.5) is 0 Å². The third kappa shape index (κ3) is 2.78. The first-order valence-corrected chi connectivity index (χ1v) is 7.59. The topological polar surface area (TPSA) is 69.2 Å². The lowest BCUT2D eigenvalue weighted by Crippen LogP contribution is -2.32. The van der Waals surface area contributed by atoms with Crippen LogP contribution in [0.5, 0.6) is 0 Å². The van der Waals surface area contributed by atoms with Crippen LogP contribution < -0.4 is 0 Å². The van der Waals surface area contributed by atoms with Crippen molar-refractivity contribution in [1.82, 2.24) is 0 Å². The van der Waals surface area contributed by atoms with Crippen molar-refractivity contribution in [3.05, 3.63) is 44.8 Å². The van der Waals surface area contributed by atoms with Crippen LogP contribution in [0.1, 0.15) is 17.2 Å². The zero-order valence-corrected chi connectivity index (χ0v) is 12.3. The van der Waals surface area contributed by atoms with E-state index < -0.39 is 11.6 Å². The van der Waals surface area contributed by atoms with Gasteiger partial charge in [-0.25, -0.2) is 0 Å². The van der Waals surface area contributed by atoms with Crippen LogP contribution in [0, 0.1) is 22.7 Å². The molecule has 20 heavy (non-hydrogen) atoms. The minimum absolute atomic E-state index is 0.710. The molecule has 100 valence electrons. The lowest BCUT2D eigenvalue weighted by atomic mass is 9.92. The Hall–Kier alpha value is -1.99. The van der Waals surface area contributed by atoms with E-state index in [-0.39, 0.29) is 0 Å². The van der Waals surface area contributed by atoms with Crippen molar-refractivity contribution in [2.75, 3.05) is 7.11 Å². The zero-order valence-electron chi connectivity index (χ0n) is 10.7. The second-order valence-electron chi connectivity index (χ2n) is 3.98. The van der Waals surface area contributed by atoms with Gasteiger partial charge in [0.05, 0.1) is 0 Å². The van der Waals surface area contributed by atoms with Crippen molar-refractivity contribution in [3.8, 4) is 12.1 Å². The van der Waals surface area contributed by atoms with Crippen molar-refractivity contribution >= 4 is 28.9 Å². The first-order chi connectivity index (χ1) is 9.75. The summed E-state index contributed by atoms with van der Waals surface area (Å²) < 4.78 is 5.36. The highest BCUT2D eigenvalue weighted by molar-refractivity contribution is 7.08. The number of aliphatic imine (C=N–C) groups is 1. The third-order valence-corrected chi connectivity index (χ3v) is 4.17. The number of rotatable bonds is 5. The molecule has 2 rings (SSSR count). The van der Waals surface area contributed by atoms with Crippen LogP contribution in [-0.4, -0.2) is 18.9 Å². The van der Waals surface area contributed by atoms with E-state index in [0.29, 0.717) is 0 Å². The van der Waals surface area contributed by atoms with E-state index in [2.05, 4.69) is 4.99 Å².